The summed E-state index contributed by atoms with van der Waals surface area (Å²) in [5, 5.41) is 5.13. The van der Waals surface area contributed by atoms with E-state index >= 15 is 0 Å². The van der Waals surface area contributed by atoms with Gasteiger partial charge in [0.25, 0.3) is 0 Å². The number of amides is 1. The molecule has 2 rings (SSSR count). The van der Waals surface area contributed by atoms with Crippen LogP contribution in [0.2, 0.25) is 5.15 Å². The van der Waals surface area contributed by atoms with Crippen molar-refractivity contribution in [2.75, 3.05) is 24.8 Å². The zero-order chi connectivity index (χ0) is 17.5. The van der Waals surface area contributed by atoms with E-state index in [-0.39, 0.29) is 11.1 Å². The smallest absolute Gasteiger partial charge is 0.238 e. The first-order valence-electron chi connectivity index (χ1n) is 7.18. The van der Waals surface area contributed by atoms with Crippen LogP contribution in [0.1, 0.15) is 6.92 Å². The lowest BCUT2D eigenvalue weighted by Gasteiger charge is -2.20. The van der Waals surface area contributed by atoms with Crippen LogP contribution in [0.5, 0.6) is 0 Å². The first kappa shape index (κ1) is 18.8. The minimum absolute atomic E-state index is 0.0221. The Labute approximate surface area is 154 Å². The van der Waals surface area contributed by atoms with E-state index in [1.54, 1.807) is 28.2 Å². The zero-order valence-electron chi connectivity index (χ0n) is 13.6. The highest BCUT2D eigenvalue weighted by atomic mass is 35.5. The topological polar surface area (TPSA) is 63.4 Å². The Morgan fingerprint density at radius 3 is 2.83 bits per heavy atom. The monoisotopic (exact) mass is 383 g/mol. The van der Waals surface area contributed by atoms with Gasteiger partial charge in [-0.3, -0.25) is 14.7 Å². The molecule has 2 aromatic heterocycles. The van der Waals surface area contributed by atoms with Crippen molar-refractivity contribution in [1.29, 1.82) is 0 Å². The highest BCUT2D eigenvalue weighted by molar-refractivity contribution is 8.13. The van der Waals surface area contributed by atoms with Gasteiger partial charge in [-0.05, 0) is 31.6 Å². The number of aliphatic imine (C=N–C) groups is 1. The fourth-order valence-electron chi connectivity index (χ4n) is 1.98. The molecule has 0 saturated heterocycles. The second kappa shape index (κ2) is 9.10. The molecule has 0 aliphatic rings. The number of rotatable bonds is 5. The number of carbonyl (C=O) groups excluding carboxylic acids is 1. The van der Waals surface area contributed by atoms with E-state index in [0.717, 1.165) is 5.69 Å². The van der Waals surface area contributed by atoms with Gasteiger partial charge in [-0.25, -0.2) is 9.67 Å². The van der Waals surface area contributed by atoms with Gasteiger partial charge in [0.1, 0.15) is 5.69 Å². The van der Waals surface area contributed by atoms with E-state index in [0.29, 0.717) is 23.2 Å². The molecule has 0 atom stereocenters. The molecule has 2 heterocycles. The summed E-state index contributed by atoms with van der Waals surface area (Å²) in [5.74, 6) is 0.435. The third kappa shape index (κ3) is 4.52. The van der Waals surface area contributed by atoms with Crippen molar-refractivity contribution in [2.24, 2.45) is 4.99 Å². The maximum absolute atomic E-state index is 12.2. The first-order valence-corrected chi connectivity index (χ1v) is 10.2. The predicted molar refractivity (Wildman–Crippen MR) is 103 cm³/mol. The molecule has 2 aromatic rings. The largest absolute Gasteiger partial charge is 0.291 e. The zero-order valence-corrected chi connectivity index (χ0v) is 16.0. The normalized spacial score (nSPS) is 11.6. The van der Waals surface area contributed by atoms with Crippen LogP contribution in [0.25, 0.3) is 5.69 Å². The third-order valence-corrected chi connectivity index (χ3v) is 4.56. The van der Waals surface area contributed by atoms with E-state index in [1.165, 1.54) is 23.5 Å². The van der Waals surface area contributed by atoms with Crippen LogP contribution in [-0.2, 0) is 4.79 Å². The van der Waals surface area contributed by atoms with Crippen molar-refractivity contribution < 1.29 is 4.79 Å². The van der Waals surface area contributed by atoms with Crippen LogP contribution >= 0.6 is 35.1 Å². The molecular formula is C15H18ClN5OS2. The van der Waals surface area contributed by atoms with Crippen LogP contribution in [-0.4, -0.2) is 55.5 Å². The van der Waals surface area contributed by atoms with Gasteiger partial charge < -0.3 is 0 Å². The van der Waals surface area contributed by atoms with Gasteiger partial charge in [-0.1, -0.05) is 23.4 Å². The number of carbonyl (C=O) groups is 1. The van der Waals surface area contributed by atoms with E-state index in [4.69, 9.17) is 11.6 Å². The second-order valence-corrected chi connectivity index (χ2v) is 6.63. The number of amidine groups is 1. The Bertz CT molecular complexity index is 720. The van der Waals surface area contributed by atoms with Crippen molar-refractivity contribution >= 4 is 51.9 Å². The molecule has 0 bridgehead atoms. The maximum Gasteiger partial charge on any atom is 0.238 e. The quantitative estimate of drug-likeness (QED) is 0.584. The van der Waals surface area contributed by atoms with Gasteiger partial charge in [0.2, 0.25) is 5.91 Å². The molecule has 0 spiro atoms. The lowest BCUT2D eigenvalue weighted by atomic mass is 10.4. The van der Waals surface area contributed by atoms with Crippen molar-refractivity contribution in [2.45, 2.75) is 6.92 Å². The molecule has 0 N–H and O–H groups in total. The molecule has 0 radical (unpaired) electrons. The highest BCUT2D eigenvalue weighted by Crippen LogP contribution is 2.26. The van der Waals surface area contributed by atoms with Gasteiger partial charge in [0, 0.05) is 12.7 Å². The minimum atomic E-state index is 0.0221. The van der Waals surface area contributed by atoms with Crippen molar-refractivity contribution in [3.63, 3.8) is 0 Å². The molecule has 24 heavy (non-hydrogen) atoms. The predicted octanol–water partition coefficient (Wildman–Crippen LogP) is 3.48. The average Bonchev–Trinajstić information content (AvgIpc) is 2.96. The molecule has 0 saturated carbocycles. The molecule has 1 amide bonds. The Morgan fingerprint density at radius 1 is 1.46 bits per heavy atom. The second-order valence-electron chi connectivity index (χ2n) is 4.63. The SMILES string of the molecule is CCN(C(=O)CSC)C(=Nc1cn(-c2cccnc2)nc1Cl)SC. The van der Waals surface area contributed by atoms with Gasteiger partial charge in [0.15, 0.2) is 10.3 Å². The fraction of sp³-hybridized carbons (Fsp3) is 0.333. The van der Waals surface area contributed by atoms with E-state index in [2.05, 4.69) is 15.1 Å². The number of thioether (sulfide) groups is 2. The Kier molecular flexibility index (Phi) is 7.14. The maximum atomic E-state index is 12.2. The summed E-state index contributed by atoms with van der Waals surface area (Å²) in [6, 6.07) is 3.70. The first-order chi connectivity index (χ1) is 11.6. The molecule has 0 aliphatic carbocycles. The molecule has 0 aliphatic heterocycles. The van der Waals surface area contributed by atoms with Crippen molar-refractivity contribution in [3.05, 3.63) is 35.9 Å². The number of pyridine rings is 1. The third-order valence-electron chi connectivity index (χ3n) is 3.08. The molecule has 128 valence electrons. The summed E-state index contributed by atoms with van der Waals surface area (Å²) in [4.78, 5) is 22.5. The van der Waals surface area contributed by atoms with Crippen molar-refractivity contribution in [1.82, 2.24) is 19.7 Å². The summed E-state index contributed by atoms with van der Waals surface area (Å²) in [6.07, 6.45) is 8.88. The van der Waals surface area contributed by atoms with E-state index < -0.39 is 0 Å². The van der Waals surface area contributed by atoms with Gasteiger partial charge in [-0.15, -0.1) is 0 Å². The lowest BCUT2D eigenvalue weighted by molar-refractivity contribution is -0.124. The number of aromatic nitrogens is 3. The summed E-state index contributed by atoms with van der Waals surface area (Å²) in [5.41, 5.74) is 1.30. The number of halogens is 1. The van der Waals surface area contributed by atoms with Crippen molar-refractivity contribution in [3.8, 4) is 5.69 Å². The van der Waals surface area contributed by atoms with E-state index in [1.807, 2.05) is 31.6 Å². The molecule has 6 nitrogen and oxygen atoms in total. The summed E-state index contributed by atoms with van der Waals surface area (Å²) < 4.78 is 1.62. The summed E-state index contributed by atoms with van der Waals surface area (Å²) in [6.45, 7) is 2.47. The molecule has 0 unspecified atom stereocenters. The highest BCUT2D eigenvalue weighted by Gasteiger charge is 2.18. The molecule has 9 heteroatoms. The molecule has 0 fully saturated rings. The van der Waals surface area contributed by atoms with Crippen LogP contribution < -0.4 is 0 Å². The Morgan fingerprint density at radius 2 is 2.25 bits per heavy atom. The average molecular weight is 384 g/mol. The summed E-state index contributed by atoms with van der Waals surface area (Å²) in [7, 11) is 0. The lowest BCUT2D eigenvalue weighted by Crippen LogP contribution is -2.36. The van der Waals surface area contributed by atoms with Crippen LogP contribution in [0.3, 0.4) is 0 Å². The minimum Gasteiger partial charge on any atom is -0.291 e. The standard InChI is InChI=1S/C15H18ClN5OS2/c1-4-20(13(22)10-23-2)15(24-3)18-12-9-21(19-14(12)16)11-6-5-7-17-8-11/h5-9H,4,10H2,1-3H3. The fourth-order valence-corrected chi connectivity index (χ4v) is 3.20. The number of nitrogens with zero attached hydrogens (tertiary/aromatic N) is 5. The Hall–Kier alpha value is -1.51. The van der Waals surface area contributed by atoms with Crippen LogP contribution in [0, 0.1) is 0 Å². The summed E-state index contributed by atoms with van der Waals surface area (Å²) >= 11 is 9.10. The Balaban J connectivity index is 2.34. The molecular weight excluding hydrogens is 366 g/mol. The van der Waals surface area contributed by atoms with Gasteiger partial charge >= 0.3 is 0 Å². The molecule has 0 aromatic carbocycles. The number of hydrogen-bond acceptors (Lipinski definition) is 6. The van der Waals surface area contributed by atoms with E-state index in [9.17, 15) is 4.79 Å². The van der Waals surface area contributed by atoms with Crippen LogP contribution in [0.4, 0.5) is 5.69 Å². The van der Waals surface area contributed by atoms with Gasteiger partial charge in [0.05, 0.1) is 23.8 Å². The van der Waals surface area contributed by atoms with Gasteiger partial charge in [-0.2, -0.15) is 16.9 Å². The number of hydrogen-bond donors (Lipinski definition) is 0. The van der Waals surface area contributed by atoms with Crippen LogP contribution in [0.15, 0.2) is 35.7 Å².